The Morgan fingerprint density at radius 3 is 2.75 bits per heavy atom. The number of terminal acetylenes is 1. The van der Waals surface area contributed by atoms with Crippen molar-refractivity contribution in [2.75, 3.05) is 5.32 Å². The van der Waals surface area contributed by atoms with Crippen molar-refractivity contribution in [3.8, 4) is 12.3 Å². The van der Waals surface area contributed by atoms with Crippen LogP contribution in [-0.4, -0.2) is 5.91 Å². The molecule has 2 rings (SSSR count). The molecule has 1 N–H and O–H groups in total. The van der Waals surface area contributed by atoms with E-state index < -0.39 is 5.91 Å². The predicted molar refractivity (Wildman–Crippen MR) is 66.1 cm³/mol. The van der Waals surface area contributed by atoms with Crippen molar-refractivity contribution in [2.24, 2.45) is 0 Å². The van der Waals surface area contributed by atoms with Gasteiger partial charge in [-0.3, -0.25) is 4.79 Å². The predicted octanol–water partition coefficient (Wildman–Crippen LogP) is 2.72. The summed E-state index contributed by atoms with van der Waals surface area (Å²) >= 11 is 0. The van der Waals surface area contributed by atoms with E-state index in [4.69, 9.17) is 6.42 Å². The maximum absolute atomic E-state index is 11.2. The van der Waals surface area contributed by atoms with Crippen LogP contribution in [0.3, 0.4) is 0 Å². The molecule has 1 amide bonds. The highest BCUT2D eigenvalue weighted by atomic mass is 16.1. The molecule has 0 aliphatic rings. The van der Waals surface area contributed by atoms with Gasteiger partial charge in [0.15, 0.2) is 0 Å². The van der Waals surface area contributed by atoms with Crippen LogP contribution in [0.4, 0.5) is 5.69 Å². The molecule has 0 unspecified atom stereocenters. The fraction of sp³-hybridized carbons (Fsp3) is 0.0714. The molecule has 0 aromatic heterocycles. The topological polar surface area (TPSA) is 29.1 Å². The number of hydrogen-bond donors (Lipinski definition) is 1. The number of amides is 1. The lowest BCUT2D eigenvalue weighted by atomic mass is 10.0. The Balaban J connectivity index is 2.62. The maximum Gasteiger partial charge on any atom is 0.300 e. The first-order valence-electron chi connectivity index (χ1n) is 4.98. The summed E-state index contributed by atoms with van der Waals surface area (Å²) in [5, 5.41) is 4.82. The molecule has 2 aromatic rings. The fourth-order valence-electron chi connectivity index (χ4n) is 1.70. The van der Waals surface area contributed by atoms with Gasteiger partial charge in [-0.25, -0.2) is 0 Å². The summed E-state index contributed by atoms with van der Waals surface area (Å²) in [6, 6.07) is 11.9. The highest BCUT2D eigenvalue weighted by molar-refractivity contribution is 6.09. The highest BCUT2D eigenvalue weighted by Gasteiger charge is 2.06. The third kappa shape index (κ3) is 1.76. The number of nitrogens with one attached hydrogen (secondary N) is 1. The Morgan fingerprint density at radius 1 is 1.25 bits per heavy atom. The number of hydrogen-bond acceptors (Lipinski definition) is 1. The number of aryl methyl sites for hydroxylation is 1. The molecule has 2 aromatic carbocycles. The molecule has 16 heavy (non-hydrogen) atoms. The van der Waals surface area contributed by atoms with E-state index in [-0.39, 0.29) is 0 Å². The Bertz CT molecular complexity index is 593. The molecule has 0 atom stereocenters. The number of carbonyl (C=O) groups excluding carboxylic acids is 1. The minimum Gasteiger partial charge on any atom is -0.314 e. The SMILES string of the molecule is C#CC(=O)Nc1c(C)ccc2ccccc12. The Labute approximate surface area is 94.3 Å². The fourth-order valence-corrected chi connectivity index (χ4v) is 1.70. The summed E-state index contributed by atoms with van der Waals surface area (Å²) in [6.07, 6.45) is 5.05. The molecule has 0 saturated carbocycles. The first-order valence-corrected chi connectivity index (χ1v) is 4.98. The van der Waals surface area contributed by atoms with Crippen LogP contribution in [0.2, 0.25) is 0 Å². The van der Waals surface area contributed by atoms with Crippen LogP contribution in [0.5, 0.6) is 0 Å². The van der Waals surface area contributed by atoms with Gasteiger partial charge in [0.1, 0.15) is 0 Å². The van der Waals surface area contributed by atoms with E-state index in [1.165, 1.54) is 0 Å². The summed E-state index contributed by atoms with van der Waals surface area (Å²) in [5.74, 6) is 1.64. The van der Waals surface area contributed by atoms with Gasteiger partial charge in [-0.1, -0.05) is 36.4 Å². The van der Waals surface area contributed by atoms with Crippen LogP contribution in [0.15, 0.2) is 36.4 Å². The van der Waals surface area contributed by atoms with Crippen molar-refractivity contribution in [3.63, 3.8) is 0 Å². The maximum atomic E-state index is 11.2. The third-order valence-corrected chi connectivity index (χ3v) is 2.51. The van der Waals surface area contributed by atoms with Crippen molar-refractivity contribution in [1.29, 1.82) is 0 Å². The Kier molecular flexibility index (Phi) is 2.61. The lowest BCUT2D eigenvalue weighted by Gasteiger charge is -2.09. The summed E-state index contributed by atoms with van der Waals surface area (Å²) < 4.78 is 0. The average molecular weight is 209 g/mol. The first-order chi connectivity index (χ1) is 7.72. The molecule has 2 nitrogen and oxygen atoms in total. The number of anilines is 1. The highest BCUT2D eigenvalue weighted by Crippen LogP contribution is 2.26. The zero-order valence-electron chi connectivity index (χ0n) is 8.95. The molecule has 0 fully saturated rings. The summed E-state index contributed by atoms with van der Waals surface area (Å²) in [5.41, 5.74) is 1.79. The quantitative estimate of drug-likeness (QED) is 0.719. The van der Waals surface area contributed by atoms with Gasteiger partial charge in [-0.05, 0) is 23.8 Å². The molecule has 78 valence electrons. The summed E-state index contributed by atoms with van der Waals surface area (Å²) in [7, 11) is 0. The normalized spacial score (nSPS) is 9.75. The van der Waals surface area contributed by atoms with Crippen LogP contribution in [0.25, 0.3) is 10.8 Å². The van der Waals surface area contributed by atoms with Crippen LogP contribution in [-0.2, 0) is 4.79 Å². The number of benzene rings is 2. The van der Waals surface area contributed by atoms with E-state index in [1.54, 1.807) is 0 Å². The number of carbonyl (C=O) groups is 1. The molecule has 2 heteroatoms. The van der Waals surface area contributed by atoms with Crippen molar-refractivity contribution in [1.82, 2.24) is 0 Å². The molecule has 0 bridgehead atoms. The molecule has 0 saturated heterocycles. The van der Waals surface area contributed by atoms with E-state index in [1.807, 2.05) is 43.3 Å². The zero-order valence-corrected chi connectivity index (χ0v) is 8.95. The second-order valence-electron chi connectivity index (χ2n) is 3.58. The van der Waals surface area contributed by atoms with Crippen molar-refractivity contribution in [2.45, 2.75) is 6.92 Å². The van der Waals surface area contributed by atoms with E-state index >= 15 is 0 Å². The van der Waals surface area contributed by atoms with Crippen molar-refractivity contribution < 1.29 is 4.79 Å². The third-order valence-electron chi connectivity index (χ3n) is 2.51. The standard InChI is InChI=1S/C14H11NO/c1-3-13(16)15-14-10(2)8-9-11-6-4-5-7-12(11)14/h1,4-9H,2H3,(H,15,16). The van der Waals surface area contributed by atoms with E-state index in [0.717, 1.165) is 22.0 Å². The van der Waals surface area contributed by atoms with Gasteiger partial charge in [0.2, 0.25) is 0 Å². The van der Waals surface area contributed by atoms with Crippen LogP contribution < -0.4 is 5.32 Å². The van der Waals surface area contributed by atoms with Gasteiger partial charge in [0.05, 0.1) is 5.69 Å². The van der Waals surface area contributed by atoms with E-state index in [2.05, 4.69) is 11.2 Å². The second-order valence-corrected chi connectivity index (χ2v) is 3.58. The zero-order chi connectivity index (χ0) is 11.5. The molecule has 0 heterocycles. The second kappa shape index (κ2) is 4.08. The Hall–Kier alpha value is -2.27. The average Bonchev–Trinajstić information content (AvgIpc) is 2.32. The van der Waals surface area contributed by atoms with Crippen molar-refractivity contribution in [3.05, 3.63) is 42.0 Å². The first kappa shape index (κ1) is 10.3. The minimum atomic E-state index is -0.417. The molecule has 0 radical (unpaired) electrons. The van der Waals surface area contributed by atoms with Crippen LogP contribution in [0, 0.1) is 19.3 Å². The summed E-state index contributed by atoms with van der Waals surface area (Å²) in [4.78, 5) is 11.2. The van der Waals surface area contributed by atoms with Gasteiger partial charge in [0.25, 0.3) is 5.91 Å². The number of fused-ring (bicyclic) bond motifs is 1. The monoisotopic (exact) mass is 209 g/mol. The van der Waals surface area contributed by atoms with Gasteiger partial charge in [-0.2, -0.15) is 0 Å². The van der Waals surface area contributed by atoms with Gasteiger partial charge < -0.3 is 5.32 Å². The molecule has 0 aliphatic heterocycles. The lowest BCUT2D eigenvalue weighted by Crippen LogP contribution is -2.09. The largest absolute Gasteiger partial charge is 0.314 e. The molecular formula is C14H11NO. The molecule has 0 aliphatic carbocycles. The smallest absolute Gasteiger partial charge is 0.300 e. The van der Waals surface area contributed by atoms with Crippen LogP contribution >= 0.6 is 0 Å². The van der Waals surface area contributed by atoms with Gasteiger partial charge in [-0.15, -0.1) is 6.42 Å². The molecule has 0 spiro atoms. The Morgan fingerprint density at radius 2 is 2.00 bits per heavy atom. The van der Waals surface area contributed by atoms with E-state index in [0.29, 0.717) is 0 Å². The molecular weight excluding hydrogens is 198 g/mol. The lowest BCUT2D eigenvalue weighted by molar-refractivity contribution is -0.111. The summed E-state index contributed by atoms with van der Waals surface area (Å²) in [6.45, 7) is 1.94. The van der Waals surface area contributed by atoms with Crippen molar-refractivity contribution >= 4 is 22.4 Å². The van der Waals surface area contributed by atoms with Gasteiger partial charge >= 0.3 is 0 Å². The van der Waals surface area contributed by atoms with Gasteiger partial charge in [0, 0.05) is 5.39 Å². The minimum absolute atomic E-state index is 0.417. The number of rotatable bonds is 1. The van der Waals surface area contributed by atoms with Crippen LogP contribution in [0.1, 0.15) is 5.56 Å². The van der Waals surface area contributed by atoms with E-state index in [9.17, 15) is 4.79 Å².